The van der Waals surface area contributed by atoms with Crippen LogP contribution in [0, 0.1) is 13.8 Å². The highest BCUT2D eigenvalue weighted by Crippen LogP contribution is 2.17. The average Bonchev–Trinajstić information content (AvgIpc) is 2.43. The molecular weight excluding hydrogens is 286 g/mol. The zero-order valence-electron chi connectivity index (χ0n) is 12.2. The number of ether oxygens (including phenoxy) is 1. The van der Waals surface area contributed by atoms with E-state index in [2.05, 4.69) is 0 Å². The minimum absolute atomic E-state index is 0.0656. The van der Waals surface area contributed by atoms with Gasteiger partial charge in [-0.15, -0.1) is 0 Å². The monoisotopic (exact) mass is 305 g/mol. The molecule has 2 aromatic rings. The average molecular weight is 305 g/mol. The maximum absolute atomic E-state index is 12.1. The molecule has 0 bridgehead atoms. The minimum atomic E-state index is -3.35. The Balaban J connectivity index is 1.98. The zero-order valence-corrected chi connectivity index (χ0v) is 13.0. The number of nitrogen functional groups attached to an aromatic ring is 1. The molecule has 0 amide bonds. The van der Waals surface area contributed by atoms with Crippen LogP contribution in [0.15, 0.2) is 47.4 Å². The van der Waals surface area contributed by atoms with Gasteiger partial charge >= 0.3 is 0 Å². The molecule has 0 aliphatic rings. The molecule has 0 radical (unpaired) electrons. The number of rotatable bonds is 5. The van der Waals surface area contributed by atoms with Gasteiger partial charge in [0.2, 0.25) is 0 Å². The molecule has 112 valence electrons. The van der Waals surface area contributed by atoms with Gasteiger partial charge < -0.3 is 10.5 Å². The third-order valence-electron chi connectivity index (χ3n) is 3.34. The van der Waals surface area contributed by atoms with E-state index in [9.17, 15) is 8.42 Å². The Labute approximate surface area is 125 Å². The largest absolute Gasteiger partial charge is 0.493 e. The SMILES string of the molecule is Cc1ccc(OCCS(=O)(=O)c2ccc(N)cc2)cc1C. The van der Waals surface area contributed by atoms with Crippen molar-refractivity contribution >= 4 is 15.5 Å². The molecule has 0 fully saturated rings. The maximum atomic E-state index is 12.1. The van der Waals surface area contributed by atoms with E-state index in [4.69, 9.17) is 10.5 Å². The number of aryl methyl sites for hydroxylation is 2. The first-order valence-corrected chi connectivity index (χ1v) is 8.32. The van der Waals surface area contributed by atoms with Gasteiger partial charge in [0.15, 0.2) is 9.84 Å². The third kappa shape index (κ3) is 3.98. The van der Waals surface area contributed by atoms with E-state index in [1.807, 2.05) is 32.0 Å². The quantitative estimate of drug-likeness (QED) is 0.862. The number of hydrogen-bond donors (Lipinski definition) is 1. The zero-order chi connectivity index (χ0) is 15.5. The summed E-state index contributed by atoms with van der Waals surface area (Å²) in [4.78, 5) is 0.264. The van der Waals surface area contributed by atoms with Gasteiger partial charge in [0, 0.05) is 5.69 Å². The molecule has 21 heavy (non-hydrogen) atoms. The molecule has 0 unspecified atom stereocenters. The van der Waals surface area contributed by atoms with Crippen LogP contribution >= 0.6 is 0 Å². The first-order chi connectivity index (χ1) is 9.88. The van der Waals surface area contributed by atoms with Crippen LogP contribution in [0.2, 0.25) is 0 Å². The van der Waals surface area contributed by atoms with E-state index in [0.29, 0.717) is 11.4 Å². The minimum Gasteiger partial charge on any atom is -0.493 e. The van der Waals surface area contributed by atoms with E-state index in [-0.39, 0.29) is 17.3 Å². The lowest BCUT2D eigenvalue weighted by Gasteiger charge is -2.09. The van der Waals surface area contributed by atoms with Crippen LogP contribution in [-0.4, -0.2) is 20.8 Å². The Morgan fingerprint density at radius 2 is 1.67 bits per heavy atom. The smallest absolute Gasteiger partial charge is 0.181 e. The molecule has 2 aromatic carbocycles. The van der Waals surface area contributed by atoms with Crippen molar-refractivity contribution in [2.45, 2.75) is 18.7 Å². The van der Waals surface area contributed by atoms with Gasteiger partial charge in [-0.25, -0.2) is 8.42 Å². The lowest BCUT2D eigenvalue weighted by atomic mass is 10.1. The van der Waals surface area contributed by atoms with Crippen LogP contribution < -0.4 is 10.5 Å². The predicted octanol–water partition coefficient (Wildman–Crippen LogP) is 2.74. The first kappa shape index (κ1) is 15.4. The number of nitrogens with two attached hydrogens (primary N) is 1. The fourth-order valence-corrected chi connectivity index (χ4v) is 2.96. The fraction of sp³-hybridized carbons (Fsp3) is 0.250. The van der Waals surface area contributed by atoms with Gasteiger partial charge in [-0.2, -0.15) is 0 Å². The lowest BCUT2D eigenvalue weighted by Crippen LogP contribution is -2.14. The van der Waals surface area contributed by atoms with Gasteiger partial charge in [-0.3, -0.25) is 0 Å². The summed E-state index contributed by atoms with van der Waals surface area (Å²) in [5.74, 6) is 0.620. The van der Waals surface area contributed by atoms with Crippen LogP contribution in [0.4, 0.5) is 5.69 Å². The highest BCUT2D eigenvalue weighted by atomic mass is 32.2. The van der Waals surface area contributed by atoms with Crippen molar-refractivity contribution in [3.8, 4) is 5.75 Å². The van der Waals surface area contributed by atoms with Crippen molar-refractivity contribution in [1.29, 1.82) is 0 Å². The molecule has 0 saturated carbocycles. The standard InChI is InChI=1S/C16H19NO3S/c1-12-3-6-15(11-13(12)2)20-9-10-21(18,19)16-7-4-14(17)5-8-16/h3-8,11H,9-10,17H2,1-2H3. The number of hydrogen-bond acceptors (Lipinski definition) is 4. The Kier molecular flexibility index (Phi) is 4.53. The van der Waals surface area contributed by atoms with E-state index < -0.39 is 9.84 Å². The summed E-state index contributed by atoms with van der Waals surface area (Å²) in [7, 11) is -3.35. The summed E-state index contributed by atoms with van der Waals surface area (Å²) < 4.78 is 29.8. The second kappa shape index (κ2) is 6.18. The Morgan fingerprint density at radius 1 is 1.00 bits per heavy atom. The molecule has 5 heteroatoms. The van der Waals surface area contributed by atoms with E-state index >= 15 is 0 Å². The molecule has 2 N–H and O–H groups in total. The van der Waals surface area contributed by atoms with Crippen molar-refractivity contribution in [2.75, 3.05) is 18.1 Å². The van der Waals surface area contributed by atoms with Crippen molar-refractivity contribution in [2.24, 2.45) is 0 Å². The Hall–Kier alpha value is -2.01. The summed E-state index contributed by atoms with van der Waals surface area (Å²) in [6.45, 7) is 4.13. The summed E-state index contributed by atoms with van der Waals surface area (Å²) in [6.07, 6.45) is 0. The summed E-state index contributed by atoms with van der Waals surface area (Å²) in [5.41, 5.74) is 8.39. The molecule has 0 saturated heterocycles. The lowest BCUT2D eigenvalue weighted by molar-refractivity contribution is 0.340. The molecular formula is C16H19NO3S. The highest BCUT2D eigenvalue weighted by molar-refractivity contribution is 7.91. The molecule has 0 spiro atoms. The molecule has 0 heterocycles. The summed E-state index contributed by atoms with van der Waals surface area (Å²) in [6, 6.07) is 11.9. The summed E-state index contributed by atoms with van der Waals surface area (Å²) >= 11 is 0. The van der Waals surface area contributed by atoms with E-state index in [1.54, 1.807) is 12.1 Å². The van der Waals surface area contributed by atoms with Crippen molar-refractivity contribution in [3.05, 3.63) is 53.6 Å². The van der Waals surface area contributed by atoms with Crippen LogP contribution in [-0.2, 0) is 9.84 Å². The molecule has 0 aromatic heterocycles. The second-order valence-electron chi connectivity index (χ2n) is 4.98. The van der Waals surface area contributed by atoms with Crippen molar-refractivity contribution < 1.29 is 13.2 Å². The molecule has 0 aliphatic carbocycles. The number of anilines is 1. The first-order valence-electron chi connectivity index (χ1n) is 6.67. The number of sulfone groups is 1. The van der Waals surface area contributed by atoms with Gasteiger partial charge in [0.25, 0.3) is 0 Å². The predicted molar refractivity (Wildman–Crippen MR) is 84.3 cm³/mol. The van der Waals surface area contributed by atoms with E-state index in [0.717, 1.165) is 5.56 Å². The fourth-order valence-electron chi connectivity index (χ4n) is 1.87. The van der Waals surface area contributed by atoms with Crippen molar-refractivity contribution in [3.63, 3.8) is 0 Å². The van der Waals surface area contributed by atoms with Gasteiger partial charge in [0.1, 0.15) is 12.4 Å². The second-order valence-corrected chi connectivity index (χ2v) is 7.09. The van der Waals surface area contributed by atoms with Crippen molar-refractivity contribution in [1.82, 2.24) is 0 Å². The highest BCUT2D eigenvalue weighted by Gasteiger charge is 2.14. The molecule has 2 rings (SSSR count). The molecule has 4 nitrogen and oxygen atoms in total. The third-order valence-corrected chi connectivity index (χ3v) is 5.03. The topological polar surface area (TPSA) is 69.4 Å². The van der Waals surface area contributed by atoms with Gasteiger partial charge in [0.05, 0.1) is 10.6 Å². The van der Waals surface area contributed by atoms with Crippen LogP contribution in [0.1, 0.15) is 11.1 Å². The van der Waals surface area contributed by atoms with E-state index in [1.165, 1.54) is 17.7 Å². The summed E-state index contributed by atoms with van der Waals surface area (Å²) in [5, 5.41) is 0. The van der Waals surface area contributed by atoms with Crippen LogP contribution in [0.25, 0.3) is 0 Å². The van der Waals surface area contributed by atoms with Crippen LogP contribution in [0.3, 0.4) is 0 Å². The van der Waals surface area contributed by atoms with Gasteiger partial charge in [-0.1, -0.05) is 6.07 Å². The van der Waals surface area contributed by atoms with Crippen LogP contribution in [0.5, 0.6) is 5.75 Å². The maximum Gasteiger partial charge on any atom is 0.181 e. The number of benzene rings is 2. The molecule has 0 atom stereocenters. The molecule has 0 aliphatic heterocycles. The Morgan fingerprint density at radius 3 is 2.29 bits per heavy atom. The Bertz CT molecular complexity index is 722. The van der Waals surface area contributed by atoms with Gasteiger partial charge in [-0.05, 0) is 61.4 Å². The normalized spacial score (nSPS) is 11.3.